The number of ether oxygens (including phenoxy) is 3. The first-order valence-corrected chi connectivity index (χ1v) is 6.48. The van der Waals surface area contributed by atoms with Gasteiger partial charge >= 0.3 is 11.9 Å². The van der Waals surface area contributed by atoms with Crippen LogP contribution in [0.5, 0.6) is 5.88 Å². The van der Waals surface area contributed by atoms with E-state index in [0.717, 1.165) is 5.56 Å². The first kappa shape index (κ1) is 15.5. The molecule has 0 atom stereocenters. The molecule has 0 saturated carbocycles. The van der Waals surface area contributed by atoms with Crippen molar-refractivity contribution in [3.63, 3.8) is 0 Å². The zero-order valence-corrected chi connectivity index (χ0v) is 12.2. The summed E-state index contributed by atoms with van der Waals surface area (Å²) in [6.45, 7) is 0.103. The van der Waals surface area contributed by atoms with Crippen LogP contribution in [-0.2, 0) is 16.1 Å². The highest BCUT2D eigenvalue weighted by Gasteiger charge is 2.09. The van der Waals surface area contributed by atoms with Crippen molar-refractivity contribution in [2.24, 2.45) is 0 Å². The normalized spacial score (nSPS) is 9.91. The zero-order valence-electron chi connectivity index (χ0n) is 12.2. The summed E-state index contributed by atoms with van der Waals surface area (Å²) in [5.41, 5.74) is 1.55. The molecule has 0 aliphatic heterocycles. The van der Waals surface area contributed by atoms with Gasteiger partial charge in [0.25, 0.3) is 0 Å². The first-order chi connectivity index (χ1) is 10.6. The van der Waals surface area contributed by atoms with Gasteiger partial charge in [0.05, 0.1) is 25.3 Å². The third kappa shape index (κ3) is 3.82. The van der Waals surface area contributed by atoms with Gasteiger partial charge in [-0.05, 0) is 23.8 Å². The SMILES string of the molecule is COC(=O)c1ccc(COC(=O)c2ccc(OC)nc2)cc1. The lowest BCUT2D eigenvalue weighted by molar-refractivity contribution is 0.0471. The number of esters is 2. The van der Waals surface area contributed by atoms with Crippen molar-refractivity contribution in [2.45, 2.75) is 6.61 Å². The standard InChI is InChI=1S/C16H15NO5/c1-20-14-8-7-13(9-17-14)16(19)22-10-11-3-5-12(6-4-11)15(18)21-2/h3-9H,10H2,1-2H3. The van der Waals surface area contributed by atoms with E-state index in [0.29, 0.717) is 17.0 Å². The molecule has 22 heavy (non-hydrogen) atoms. The highest BCUT2D eigenvalue weighted by atomic mass is 16.5. The molecule has 0 N–H and O–H groups in total. The average molecular weight is 301 g/mol. The van der Waals surface area contributed by atoms with Crippen LogP contribution in [0.25, 0.3) is 0 Å². The number of benzene rings is 1. The van der Waals surface area contributed by atoms with Crippen LogP contribution >= 0.6 is 0 Å². The molecule has 0 amide bonds. The van der Waals surface area contributed by atoms with Gasteiger partial charge < -0.3 is 14.2 Å². The maximum absolute atomic E-state index is 11.9. The van der Waals surface area contributed by atoms with Crippen LogP contribution in [0.4, 0.5) is 0 Å². The molecular formula is C16H15NO5. The second-order valence-corrected chi connectivity index (χ2v) is 4.35. The summed E-state index contributed by atoms with van der Waals surface area (Å²) in [5.74, 6) is -0.463. The molecule has 0 aliphatic carbocycles. The second-order valence-electron chi connectivity index (χ2n) is 4.35. The molecule has 0 spiro atoms. The maximum atomic E-state index is 11.9. The number of carbonyl (C=O) groups excluding carboxylic acids is 2. The molecule has 0 fully saturated rings. The van der Waals surface area contributed by atoms with Gasteiger partial charge in [-0.15, -0.1) is 0 Å². The molecule has 6 nitrogen and oxygen atoms in total. The Labute approximate surface area is 127 Å². The van der Waals surface area contributed by atoms with Gasteiger partial charge in [0, 0.05) is 12.3 Å². The Balaban J connectivity index is 1.94. The largest absolute Gasteiger partial charge is 0.481 e. The van der Waals surface area contributed by atoms with Gasteiger partial charge in [-0.3, -0.25) is 0 Å². The van der Waals surface area contributed by atoms with Crippen molar-refractivity contribution < 1.29 is 23.8 Å². The molecular weight excluding hydrogens is 286 g/mol. The van der Waals surface area contributed by atoms with Crippen LogP contribution in [0.15, 0.2) is 42.6 Å². The third-order valence-corrected chi connectivity index (χ3v) is 2.93. The van der Waals surface area contributed by atoms with Crippen LogP contribution in [0.2, 0.25) is 0 Å². The highest BCUT2D eigenvalue weighted by molar-refractivity contribution is 5.89. The number of pyridine rings is 1. The number of rotatable bonds is 5. The van der Waals surface area contributed by atoms with Crippen molar-refractivity contribution in [3.05, 3.63) is 59.3 Å². The fraction of sp³-hybridized carbons (Fsp3) is 0.188. The van der Waals surface area contributed by atoms with Gasteiger partial charge in [0.2, 0.25) is 5.88 Å². The summed E-state index contributed by atoms with van der Waals surface area (Å²) in [7, 11) is 2.82. The predicted molar refractivity (Wildman–Crippen MR) is 77.7 cm³/mol. The Morgan fingerprint density at radius 3 is 2.18 bits per heavy atom. The van der Waals surface area contributed by atoms with Crippen molar-refractivity contribution >= 4 is 11.9 Å². The van der Waals surface area contributed by atoms with E-state index in [9.17, 15) is 9.59 Å². The summed E-state index contributed by atoms with van der Waals surface area (Å²) in [6, 6.07) is 9.79. The van der Waals surface area contributed by atoms with Crippen molar-refractivity contribution in [2.75, 3.05) is 14.2 Å². The molecule has 1 heterocycles. The fourth-order valence-corrected chi connectivity index (χ4v) is 1.71. The highest BCUT2D eigenvalue weighted by Crippen LogP contribution is 2.11. The molecule has 0 bridgehead atoms. The van der Waals surface area contributed by atoms with Crippen molar-refractivity contribution in [1.29, 1.82) is 0 Å². The third-order valence-electron chi connectivity index (χ3n) is 2.93. The molecule has 2 rings (SSSR count). The van der Waals surface area contributed by atoms with E-state index in [2.05, 4.69) is 9.72 Å². The number of nitrogens with zero attached hydrogens (tertiary/aromatic N) is 1. The number of aromatic nitrogens is 1. The molecule has 0 aliphatic rings. The van der Waals surface area contributed by atoms with E-state index in [-0.39, 0.29) is 6.61 Å². The summed E-state index contributed by atoms with van der Waals surface area (Å²) < 4.78 is 14.7. The molecule has 1 aromatic heterocycles. The topological polar surface area (TPSA) is 74.7 Å². The molecule has 6 heteroatoms. The Morgan fingerprint density at radius 2 is 1.64 bits per heavy atom. The molecule has 0 unspecified atom stereocenters. The summed E-state index contributed by atoms with van der Waals surface area (Å²) in [6.07, 6.45) is 1.39. The minimum atomic E-state index is -0.479. The lowest BCUT2D eigenvalue weighted by Crippen LogP contribution is -2.06. The Kier molecular flexibility index (Phi) is 5.08. The van der Waals surface area contributed by atoms with Crippen molar-refractivity contribution in [3.8, 4) is 5.88 Å². The molecule has 0 saturated heterocycles. The number of carbonyl (C=O) groups is 2. The van der Waals surface area contributed by atoms with Gasteiger partial charge in [0.1, 0.15) is 6.61 Å². The van der Waals surface area contributed by atoms with E-state index < -0.39 is 11.9 Å². The number of hydrogen-bond donors (Lipinski definition) is 0. The van der Waals surface area contributed by atoms with Gasteiger partial charge in [-0.2, -0.15) is 0 Å². The van der Waals surface area contributed by atoms with Gasteiger partial charge in [0.15, 0.2) is 0 Å². The van der Waals surface area contributed by atoms with Crippen LogP contribution in [0.3, 0.4) is 0 Å². The monoisotopic (exact) mass is 301 g/mol. The minimum absolute atomic E-state index is 0.103. The maximum Gasteiger partial charge on any atom is 0.340 e. The van der Waals surface area contributed by atoms with E-state index in [1.165, 1.54) is 20.4 Å². The average Bonchev–Trinajstić information content (AvgIpc) is 2.59. The van der Waals surface area contributed by atoms with Gasteiger partial charge in [-0.1, -0.05) is 12.1 Å². The fourth-order valence-electron chi connectivity index (χ4n) is 1.71. The zero-order chi connectivity index (χ0) is 15.9. The number of methoxy groups -OCH3 is 2. The second kappa shape index (κ2) is 7.21. The quantitative estimate of drug-likeness (QED) is 0.788. The van der Waals surface area contributed by atoms with Crippen molar-refractivity contribution in [1.82, 2.24) is 4.98 Å². The van der Waals surface area contributed by atoms with Crippen LogP contribution in [0, 0.1) is 0 Å². The summed E-state index contributed by atoms with van der Waals surface area (Å²) in [4.78, 5) is 27.1. The molecule has 2 aromatic rings. The summed E-state index contributed by atoms with van der Waals surface area (Å²) >= 11 is 0. The molecule has 0 radical (unpaired) electrons. The lowest BCUT2D eigenvalue weighted by Gasteiger charge is -2.06. The predicted octanol–water partition coefficient (Wildman–Crippen LogP) is 2.23. The van der Waals surface area contributed by atoms with Crippen LogP contribution in [-0.4, -0.2) is 31.1 Å². The van der Waals surface area contributed by atoms with E-state index in [1.807, 2.05) is 0 Å². The van der Waals surface area contributed by atoms with Gasteiger partial charge in [-0.25, -0.2) is 14.6 Å². The van der Waals surface area contributed by atoms with E-state index in [4.69, 9.17) is 9.47 Å². The van der Waals surface area contributed by atoms with E-state index >= 15 is 0 Å². The lowest BCUT2D eigenvalue weighted by atomic mass is 10.1. The minimum Gasteiger partial charge on any atom is -0.481 e. The molecule has 1 aromatic carbocycles. The Morgan fingerprint density at radius 1 is 0.955 bits per heavy atom. The Bertz CT molecular complexity index is 649. The molecule has 114 valence electrons. The van der Waals surface area contributed by atoms with Crippen LogP contribution in [0.1, 0.15) is 26.3 Å². The number of hydrogen-bond acceptors (Lipinski definition) is 6. The smallest absolute Gasteiger partial charge is 0.340 e. The first-order valence-electron chi connectivity index (χ1n) is 6.48. The van der Waals surface area contributed by atoms with Crippen LogP contribution < -0.4 is 4.74 Å². The summed E-state index contributed by atoms with van der Waals surface area (Å²) in [5, 5.41) is 0. The van der Waals surface area contributed by atoms with E-state index in [1.54, 1.807) is 36.4 Å². The Hall–Kier alpha value is -2.89.